The van der Waals surface area contributed by atoms with Gasteiger partial charge in [-0.15, -0.1) is 0 Å². The maximum Gasteiger partial charge on any atom is 0.337 e. The molecule has 0 aliphatic rings. The Morgan fingerprint density at radius 1 is 1.45 bits per heavy atom. The van der Waals surface area contributed by atoms with E-state index < -0.39 is 16.0 Å². The molecule has 0 amide bonds. The minimum atomic E-state index is -3.89. The lowest BCUT2D eigenvalue weighted by Gasteiger charge is -2.20. The molecule has 1 aromatic carbocycles. The van der Waals surface area contributed by atoms with Crippen LogP contribution in [0.4, 0.5) is 5.69 Å². The number of nitrogens with one attached hydrogen (secondary N) is 1. The van der Waals surface area contributed by atoms with Crippen LogP contribution in [0, 0.1) is 0 Å². The lowest BCUT2D eigenvalue weighted by molar-refractivity contribution is 0.0692. The molecule has 0 radical (unpaired) electrons. The zero-order valence-electron chi connectivity index (χ0n) is 11.6. The van der Waals surface area contributed by atoms with Crippen molar-refractivity contribution in [3.63, 3.8) is 0 Å². The largest absolute Gasteiger partial charge is 0.478 e. The van der Waals surface area contributed by atoms with Gasteiger partial charge in [-0.1, -0.05) is 0 Å². The van der Waals surface area contributed by atoms with Crippen molar-refractivity contribution >= 4 is 21.7 Å². The van der Waals surface area contributed by atoms with Gasteiger partial charge in [0.2, 0.25) is 10.0 Å². The second-order valence-corrected chi connectivity index (χ2v) is 6.46. The van der Waals surface area contributed by atoms with Gasteiger partial charge in [-0.05, 0) is 39.2 Å². The molecule has 0 aromatic heterocycles. The van der Waals surface area contributed by atoms with Gasteiger partial charge in [0.1, 0.15) is 0 Å². The molecular weight excluding hydrogens is 282 g/mol. The Morgan fingerprint density at radius 2 is 2.05 bits per heavy atom. The van der Waals surface area contributed by atoms with Gasteiger partial charge in [0, 0.05) is 18.3 Å². The second-order valence-electron chi connectivity index (χ2n) is 4.73. The maximum absolute atomic E-state index is 12.2. The van der Waals surface area contributed by atoms with Crippen LogP contribution >= 0.6 is 0 Å². The fraction of sp³-hybridized carbons (Fsp3) is 0.417. The smallest absolute Gasteiger partial charge is 0.337 e. The predicted octanol–water partition coefficient (Wildman–Crippen LogP) is 0.195. The number of benzene rings is 1. The van der Waals surface area contributed by atoms with Gasteiger partial charge in [0.05, 0.1) is 10.5 Å². The second kappa shape index (κ2) is 6.21. The molecule has 4 N–H and O–H groups in total. The first-order valence-corrected chi connectivity index (χ1v) is 7.42. The zero-order chi connectivity index (χ0) is 15.5. The standard InChI is InChI=1S/C12H19N3O4S/c1-8(15(2)3)7-14-20(18,19)11-5-4-9(13)6-10(11)12(16)17/h4-6,8,14H,7,13H2,1-3H3,(H,16,17). The van der Waals surface area contributed by atoms with Crippen LogP contribution in [0.3, 0.4) is 0 Å². The van der Waals surface area contributed by atoms with Crippen LogP contribution in [0.25, 0.3) is 0 Å². The van der Waals surface area contributed by atoms with Crippen LogP contribution in [0.1, 0.15) is 17.3 Å². The fourth-order valence-electron chi connectivity index (χ4n) is 1.44. The normalized spacial score (nSPS) is 13.4. The highest BCUT2D eigenvalue weighted by atomic mass is 32.2. The van der Waals surface area contributed by atoms with E-state index in [1.807, 2.05) is 25.9 Å². The maximum atomic E-state index is 12.2. The molecule has 1 unspecified atom stereocenters. The van der Waals surface area contributed by atoms with E-state index in [-0.39, 0.29) is 28.7 Å². The van der Waals surface area contributed by atoms with Crippen LogP contribution in [0.5, 0.6) is 0 Å². The van der Waals surface area contributed by atoms with E-state index in [4.69, 9.17) is 10.8 Å². The molecule has 0 aliphatic heterocycles. The summed E-state index contributed by atoms with van der Waals surface area (Å²) >= 11 is 0. The molecule has 0 fully saturated rings. The highest BCUT2D eigenvalue weighted by Gasteiger charge is 2.23. The molecule has 0 bridgehead atoms. The lowest BCUT2D eigenvalue weighted by atomic mass is 10.2. The number of aromatic carboxylic acids is 1. The number of sulfonamides is 1. The van der Waals surface area contributed by atoms with E-state index in [9.17, 15) is 13.2 Å². The van der Waals surface area contributed by atoms with Gasteiger partial charge in [-0.2, -0.15) is 0 Å². The van der Waals surface area contributed by atoms with Crippen molar-refractivity contribution in [3.8, 4) is 0 Å². The summed E-state index contributed by atoms with van der Waals surface area (Å²) in [6.07, 6.45) is 0. The molecule has 112 valence electrons. The van der Waals surface area contributed by atoms with Crippen molar-refractivity contribution < 1.29 is 18.3 Å². The number of anilines is 1. The Bertz CT molecular complexity index is 599. The molecule has 0 heterocycles. The summed E-state index contributed by atoms with van der Waals surface area (Å²) in [4.78, 5) is 12.7. The van der Waals surface area contributed by atoms with E-state index >= 15 is 0 Å². The number of hydrogen-bond donors (Lipinski definition) is 3. The van der Waals surface area contributed by atoms with Crippen LogP contribution in [-0.4, -0.2) is 51.1 Å². The minimum Gasteiger partial charge on any atom is -0.478 e. The first-order chi connectivity index (χ1) is 9.15. The first-order valence-electron chi connectivity index (χ1n) is 5.94. The highest BCUT2D eigenvalue weighted by Crippen LogP contribution is 2.18. The number of nitrogen functional groups attached to an aromatic ring is 1. The van der Waals surface area contributed by atoms with Crippen LogP contribution in [0.2, 0.25) is 0 Å². The Kier molecular flexibility index (Phi) is 5.09. The average Bonchev–Trinajstić information content (AvgIpc) is 2.35. The van der Waals surface area contributed by atoms with Crippen LogP contribution in [-0.2, 0) is 10.0 Å². The molecule has 1 atom stereocenters. The third-order valence-electron chi connectivity index (χ3n) is 2.97. The number of rotatable bonds is 6. The molecule has 7 nitrogen and oxygen atoms in total. The average molecular weight is 301 g/mol. The molecule has 20 heavy (non-hydrogen) atoms. The van der Waals surface area contributed by atoms with Crippen LogP contribution in [0.15, 0.2) is 23.1 Å². The number of carboxylic acids is 1. The lowest BCUT2D eigenvalue weighted by Crippen LogP contribution is -2.38. The number of carbonyl (C=O) groups is 1. The Labute approximate surface area is 118 Å². The molecular formula is C12H19N3O4S. The van der Waals surface area contributed by atoms with E-state index in [2.05, 4.69) is 4.72 Å². The number of hydrogen-bond acceptors (Lipinski definition) is 5. The number of nitrogens with two attached hydrogens (primary N) is 1. The molecule has 0 spiro atoms. The van der Waals surface area contributed by atoms with Crippen molar-refractivity contribution in [2.75, 3.05) is 26.4 Å². The Morgan fingerprint density at radius 3 is 2.55 bits per heavy atom. The summed E-state index contributed by atoms with van der Waals surface area (Å²) in [5.41, 5.74) is 5.34. The number of carboxylic acid groups (broad SMARTS) is 1. The van der Waals surface area contributed by atoms with E-state index in [1.165, 1.54) is 12.1 Å². The van der Waals surface area contributed by atoms with Crippen LogP contribution < -0.4 is 10.5 Å². The SMILES string of the molecule is CC(CNS(=O)(=O)c1ccc(N)cc1C(=O)O)N(C)C. The van der Waals surface area contributed by atoms with Gasteiger partial charge < -0.3 is 15.7 Å². The van der Waals surface area contributed by atoms with Crippen molar-refractivity contribution in [2.24, 2.45) is 0 Å². The fourth-order valence-corrected chi connectivity index (χ4v) is 2.74. The van der Waals surface area contributed by atoms with Crippen molar-refractivity contribution in [2.45, 2.75) is 17.9 Å². The summed E-state index contributed by atoms with van der Waals surface area (Å²) in [5, 5.41) is 9.06. The third-order valence-corrected chi connectivity index (χ3v) is 4.46. The van der Waals surface area contributed by atoms with Gasteiger partial charge in [0.15, 0.2) is 0 Å². The molecule has 1 aromatic rings. The quantitative estimate of drug-likeness (QED) is 0.647. The van der Waals surface area contributed by atoms with E-state index in [0.717, 1.165) is 6.07 Å². The molecule has 0 saturated carbocycles. The van der Waals surface area contributed by atoms with E-state index in [0.29, 0.717) is 0 Å². The minimum absolute atomic E-state index is 0.0214. The zero-order valence-corrected chi connectivity index (χ0v) is 12.4. The molecule has 0 aliphatic carbocycles. The highest BCUT2D eigenvalue weighted by molar-refractivity contribution is 7.89. The predicted molar refractivity (Wildman–Crippen MR) is 76.2 cm³/mol. The van der Waals surface area contributed by atoms with Gasteiger partial charge >= 0.3 is 5.97 Å². The number of nitrogens with zero attached hydrogens (tertiary/aromatic N) is 1. The van der Waals surface area contributed by atoms with Gasteiger partial charge in [0.25, 0.3) is 0 Å². The van der Waals surface area contributed by atoms with Gasteiger partial charge in [-0.3, -0.25) is 0 Å². The molecule has 1 rings (SSSR count). The molecule has 8 heteroatoms. The summed E-state index contributed by atoms with van der Waals surface area (Å²) in [6, 6.07) is 3.66. The first kappa shape index (κ1) is 16.4. The third kappa shape index (κ3) is 3.92. The van der Waals surface area contributed by atoms with E-state index in [1.54, 1.807) is 0 Å². The number of likely N-dealkylation sites (N-methyl/N-ethyl adjacent to an activating group) is 1. The topological polar surface area (TPSA) is 113 Å². The Balaban J connectivity index is 3.07. The summed E-state index contributed by atoms with van der Waals surface area (Å²) in [5.74, 6) is -1.33. The van der Waals surface area contributed by atoms with Gasteiger partial charge in [-0.25, -0.2) is 17.9 Å². The summed E-state index contributed by atoms with van der Waals surface area (Å²) in [7, 11) is -0.246. The summed E-state index contributed by atoms with van der Waals surface area (Å²) in [6.45, 7) is 2.03. The van der Waals surface area contributed by atoms with Crippen molar-refractivity contribution in [1.29, 1.82) is 0 Å². The van der Waals surface area contributed by atoms with Crippen molar-refractivity contribution in [1.82, 2.24) is 9.62 Å². The molecule has 0 saturated heterocycles. The Hall–Kier alpha value is -1.64. The van der Waals surface area contributed by atoms with Crippen molar-refractivity contribution in [3.05, 3.63) is 23.8 Å². The summed E-state index contributed by atoms with van der Waals surface area (Å²) < 4.78 is 26.7. The monoisotopic (exact) mass is 301 g/mol.